The largest absolute Gasteiger partial charge is 0.326 e. The maximum Gasteiger partial charge on any atom is 0.255 e. The molecule has 25 heavy (non-hydrogen) atoms. The molecule has 2 rings (SSSR count). The van der Waals surface area contributed by atoms with E-state index in [2.05, 4.69) is 30.5 Å². The van der Waals surface area contributed by atoms with Gasteiger partial charge in [0, 0.05) is 23.4 Å². The summed E-state index contributed by atoms with van der Waals surface area (Å²) in [6.45, 7) is 6.25. The number of carbonyl (C=O) groups is 2. The van der Waals surface area contributed by atoms with Crippen molar-refractivity contribution in [3.63, 3.8) is 0 Å². The molecule has 1 atom stereocenters. The Morgan fingerprint density at radius 3 is 2.28 bits per heavy atom. The summed E-state index contributed by atoms with van der Waals surface area (Å²) >= 11 is 0. The van der Waals surface area contributed by atoms with E-state index in [9.17, 15) is 9.59 Å². The fourth-order valence-electron chi connectivity index (χ4n) is 2.61. The van der Waals surface area contributed by atoms with Crippen LogP contribution in [0.4, 0.5) is 11.4 Å². The Bertz CT molecular complexity index is 723. The number of para-hydroxylation sites is 1. The normalized spacial score (nSPS) is 11.6. The Labute approximate surface area is 149 Å². The van der Waals surface area contributed by atoms with Crippen LogP contribution in [0, 0.1) is 0 Å². The fraction of sp³-hybridized carbons (Fsp3) is 0.333. The van der Waals surface area contributed by atoms with E-state index in [0.717, 1.165) is 24.1 Å². The van der Waals surface area contributed by atoms with E-state index in [0.29, 0.717) is 23.6 Å². The number of carbonyl (C=O) groups excluding carboxylic acids is 2. The Balaban J connectivity index is 2.08. The number of hydrogen-bond donors (Lipinski definition) is 2. The van der Waals surface area contributed by atoms with Crippen LogP contribution < -0.4 is 10.6 Å². The lowest BCUT2D eigenvalue weighted by Crippen LogP contribution is -2.14. The van der Waals surface area contributed by atoms with E-state index in [-0.39, 0.29) is 11.8 Å². The minimum absolute atomic E-state index is 0.0119. The average molecular weight is 338 g/mol. The van der Waals surface area contributed by atoms with E-state index in [1.54, 1.807) is 24.3 Å². The number of rotatable bonds is 7. The lowest BCUT2D eigenvalue weighted by atomic mass is 9.97. The van der Waals surface area contributed by atoms with E-state index < -0.39 is 0 Å². The lowest BCUT2D eigenvalue weighted by Gasteiger charge is -2.15. The van der Waals surface area contributed by atoms with Crippen LogP contribution in [0.3, 0.4) is 0 Å². The van der Waals surface area contributed by atoms with Gasteiger partial charge in [-0.3, -0.25) is 9.59 Å². The number of anilines is 2. The zero-order valence-electron chi connectivity index (χ0n) is 15.1. The molecule has 2 amide bonds. The Morgan fingerprint density at radius 2 is 1.64 bits per heavy atom. The first-order chi connectivity index (χ1) is 12.0. The first kappa shape index (κ1) is 18.7. The molecule has 2 N–H and O–H groups in total. The van der Waals surface area contributed by atoms with Gasteiger partial charge in [0.2, 0.25) is 5.91 Å². The molecular weight excluding hydrogens is 312 g/mol. The predicted molar refractivity (Wildman–Crippen MR) is 103 cm³/mol. The molecule has 0 bridgehead atoms. The van der Waals surface area contributed by atoms with Crippen LogP contribution in [-0.2, 0) is 4.79 Å². The maximum absolute atomic E-state index is 12.5. The van der Waals surface area contributed by atoms with Crippen molar-refractivity contribution in [2.45, 2.75) is 46.0 Å². The molecule has 2 aromatic carbocycles. The second kappa shape index (κ2) is 9.02. The number of nitrogens with one attached hydrogen (secondary N) is 2. The molecule has 0 saturated carbocycles. The monoisotopic (exact) mass is 338 g/mol. The van der Waals surface area contributed by atoms with E-state index in [1.165, 1.54) is 0 Å². The van der Waals surface area contributed by atoms with E-state index in [1.807, 2.05) is 25.1 Å². The van der Waals surface area contributed by atoms with Crippen LogP contribution in [-0.4, -0.2) is 11.8 Å². The van der Waals surface area contributed by atoms with Crippen LogP contribution in [0.2, 0.25) is 0 Å². The number of hydrogen-bond acceptors (Lipinski definition) is 2. The summed E-state index contributed by atoms with van der Waals surface area (Å²) in [6, 6.07) is 14.9. The average Bonchev–Trinajstić information content (AvgIpc) is 2.62. The van der Waals surface area contributed by atoms with Crippen molar-refractivity contribution in [3.8, 4) is 0 Å². The summed E-state index contributed by atoms with van der Waals surface area (Å²) in [7, 11) is 0. The van der Waals surface area contributed by atoms with Gasteiger partial charge in [0.05, 0.1) is 0 Å². The SMILES string of the molecule is CCCC(=O)Nc1ccc(C(=O)Nc2ccccc2[C@@H](C)CC)cc1. The Morgan fingerprint density at radius 1 is 0.960 bits per heavy atom. The number of benzene rings is 2. The summed E-state index contributed by atoms with van der Waals surface area (Å²) in [4.78, 5) is 24.1. The third kappa shape index (κ3) is 5.18. The van der Waals surface area contributed by atoms with Crippen molar-refractivity contribution >= 4 is 23.2 Å². The van der Waals surface area contributed by atoms with E-state index >= 15 is 0 Å². The zero-order valence-corrected chi connectivity index (χ0v) is 15.1. The van der Waals surface area contributed by atoms with Gasteiger partial charge in [-0.2, -0.15) is 0 Å². The molecule has 132 valence electrons. The van der Waals surface area contributed by atoms with Gasteiger partial charge in [-0.15, -0.1) is 0 Å². The van der Waals surface area contributed by atoms with Crippen LogP contribution in [0.1, 0.15) is 61.9 Å². The van der Waals surface area contributed by atoms with Crippen LogP contribution in [0.15, 0.2) is 48.5 Å². The summed E-state index contributed by atoms with van der Waals surface area (Å²) in [5.41, 5.74) is 3.26. The van der Waals surface area contributed by atoms with Crippen molar-refractivity contribution in [1.82, 2.24) is 0 Å². The molecule has 0 radical (unpaired) electrons. The molecule has 0 spiro atoms. The van der Waals surface area contributed by atoms with Gasteiger partial charge in [0.1, 0.15) is 0 Å². The topological polar surface area (TPSA) is 58.2 Å². The van der Waals surface area contributed by atoms with E-state index in [4.69, 9.17) is 0 Å². The molecule has 4 heteroatoms. The summed E-state index contributed by atoms with van der Waals surface area (Å²) in [5, 5.41) is 5.82. The second-order valence-corrected chi connectivity index (χ2v) is 6.23. The third-order valence-electron chi connectivity index (χ3n) is 4.26. The highest BCUT2D eigenvalue weighted by molar-refractivity contribution is 6.05. The lowest BCUT2D eigenvalue weighted by molar-refractivity contribution is -0.116. The van der Waals surface area contributed by atoms with Crippen LogP contribution in [0.5, 0.6) is 0 Å². The van der Waals surface area contributed by atoms with Gasteiger partial charge < -0.3 is 10.6 Å². The van der Waals surface area contributed by atoms with Gasteiger partial charge in [0.25, 0.3) is 5.91 Å². The zero-order chi connectivity index (χ0) is 18.2. The number of amides is 2. The minimum Gasteiger partial charge on any atom is -0.326 e. The highest BCUT2D eigenvalue weighted by Gasteiger charge is 2.12. The van der Waals surface area contributed by atoms with Gasteiger partial charge >= 0.3 is 0 Å². The van der Waals surface area contributed by atoms with Crippen molar-refractivity contribution < 1.29 is 9.59 Å². The molecule has 0 saturated heterocycles. The first-order valence-corrected chi connectivity index (χ1v) is 8.85. The van der Waals surface area contributed by atoms with Crippen LogP contribution >= 0.6 is 0 Å². The smallest absolute Gasteiger partial charge is 0.255 e. The third-order valence-corrected chi connectivity index (χ3v) is 4.26. The molecule has 0 unspecified atom stereocenters. The first-order valence-electron chi connectivity index (χ1n) is 8.85. The van der Waals surface area contributed by atoms with Crippen molar-refractivity contribution in [2.24, 2.45) is 0 Å². The standard InChI is InChI=1S/C21H26N2O2/c1-4-8-20(24)22-17-13-11-16(12-14-17)21(25)23-19-10-7-6-9-18(19)15(3)5-2/h6-7,9-15H,4-5,8H2,1-3H3,(H,22,24)(H,23,25)/t15-/m0/s1. The van der Waals surface area contributed by atoms with Gasteiger partial charge in [-0.25, -0.2) is 0 Å². The summed E-state index contributed by atoms with van der Waals surface area (Å²) in [6.07, 6.45) is 2.32. The predicted octanol–water partition coefficient (Wildman–Crippen LogP) is 5.19. The molecule has 0 aliphatic carbocycles. The minimum atomic E-state index is -0.151. The fourth-order valence-corrected chi connectivity index (χ4v) is 2.61. The van der Waals surface area contributed by atoms with Crippen LogP contribution in [0.25, 0.3) is 0 Å². The molecule has 2 aromatic rings. The summed E-state index contributed by atoms with van der Waals surface area (Å²) < 4.78 is 0. The molecule has 0 heterocycles. The molecule has 0 aliphatic rings. The Hall–Kier alpha value is -2.62. The molecule has 0 aromatic heterocycles. The molecule has 0 aliphatic heterocycles. The second-order valence-electron chi connectivity index (χ2n) is 6.23. The summed E-state index contributed by atoms with van der Waals surface area (Å²) in [5.74, 6) is 0.219. The Kier molecular flexibility index (Phi) is 6.75. The maximum atomic E-state index is 12.5. The highest BCUT2D eigenvalue weighted by Crippen LogP contribution is 2.27. The quantitative estimate of drug-likeness (QED) is 0.730. The molecule has 4 nitrogen and oxygen atoms in total. The van der Waals surface area contributed by atoms with Crippen molar-refractivity contribution in [1.29, 1.82) is 0 Å². The highest BCUT2D eigenvalue weighted by atomic mass is 16.2. The van der Waals surface area contributed by atoms with Crippen molar-refractivity contribution in [2.75, 3.05) is 10.6 Å². The molecule has 0 fully saturated rings. The van der Waals surface area contributed by atoms with Gasteiger partial charge in [0.15, 0.2) is 0 Å². The van der Waals surface area contributed by atoms with Crippen molar-refractivity contribution in [3.05, 3.63) is 59.7 Å². The van der Waals surface area contributed by atoms with Gasteiger partial charge in [-0.05, 0) is 54.7 Å². The van der Waals surface area contributed by atoms with Gasteiger partial charge in [-0.1, -0.05) is 39.0 Å². The molecular formula is C21H26N2O2.